The summed E-state index contributed by atoms with van der Waals surface area (Å²) in [5.74, 6) is 0.163. The number of nitrogen functional groups attached to an aromatic ring is 1. The molecule has 0 fully saturated rings. The van der Waals surface area contributed by atoms with Crippen LogP contribution in [0.15, 0.2) is 29.6 Å². The Kier molecular flexibility index (Phi) is 5.74. The molecule has 2 rings (SSSR count). The van der Waals surface area contributed by atoms with Crippen LogP contribution in [0.1, 0.15) is 6.92 Å². The van der Waals surface area contributed by atoms with E-state index >= 15 is 0 Å². The molecule has 0 saturated carbocycles. The van der Waals surface area contributed by atoms with Gasteiger partial charge >= 0.3 is 5.97 Å². The van der Waals surface area contributed by atoms with Crippen LogP contribution in [0, 0.1) is 0 Å². The van der Waals surface area contributed by atoms with Gasteiger partial charge in [0.2, 0.25) is 0 Å². The van der Waals surface area contributed by atoms with Crippen LogP contribution in [0.25, 0.3) is 11.3 Å². The number of ether oxygens (including phenoxy) is 3. The quantitative estimate of drug-likeness (QED) is 0.622. The van der Waals surface area contributed by atoms with Crippen LogP contribution < -0.4 is 10.5 Å². The Bertz CT molecular complexity index is 612. The highest BCUT2D eigenvalue weighted by molar-refractivity contribution is 7.13. The summed E-state index contributed by atoms with van der Waals surface area (Å²) < 4.78 is 15.4. The monoisotopic (exact) mass is 322 g/mol. The number of aromatic nitrogens is 1. The van der Waals surface area contributed by atoms with Crippen LogP contribution in [-0.4, -0.2) is 37.4 Å². The van der Waals surface area contributed by atoms with Crippen molar-refractivity contribution in [2.75, 3.05) is 26.1 Å². The van der Waals surface area contributed by atoms with Gasteiger partial charge in [0.1, 0.15) is 12.4 Å². The van der Waals surface area contributed by atoms with Gasteiger partial charge in [-0.2, -0.15) is 0 Å². The van der Waals surface area contributed by atoms with E-state index in [1.54, 1.807) is 26.2 Å². The number of hydrogen-bond donors (Lipinski definition) is 1. The van der Waals surface area contributed by atoms with E-state index in [1.165, 1.54) is 11.3 Å². The number of carbonyl (C=O) groups excluding carboxylic acids is 1. The van der Waals surface area contributed by atoms with Crippen molar-refractivity contribution in [3.8, 4) is 17.0 Å². The number of methoxy groups -OCH3 is 1. The number of esters is 1. The summed E-state index contributed by atoms with van der Waals surface area (Å²) in [6, 6.07) is 7.30. The molecule has 7 heteroatoms. The molecule has 0 amide bonds. The highest BCUT2D eigenvalue weighted by atomic mass is 32.1. The molecule has 0 aliphatic rings. The number of nitrogens with zero attached hydrogens (tertiary/aromatic N) is 1. The van der Waals surface area contributed by atoms with Gasteiger partial charge in [-0.25, -0.2) is 9.78 Å². The molecular weight excluding hydrogens is 304 g/mol. The second kappa shape index (κ2) is 7.77. The topological polar surface area (TPSA) is 83.7 Å². The molecule has 0 spiro atoms. The molecule has 1 atom stereocenters. The number of carbonyl (C=O) groups is 1. The van der Waals surface area contributed by atoms with Crippen molar-refractivity contribution in [1.82, 2.24) is 4.98 Å². The van der Waals surface area contributed by atoms with Crippen molar-refractivity contribution in [2.24, 2.45) is 0 Å². The first-order valence-electron chi connectivity index (χ1n) is 6.74. The van der Waals surface area contributed by atoms with E-state index in [0.29, 0.717) is 17.5 Å². The molecule has 1 aromatic heterocycles. The van der Waals surface area contributed by atoms with Crippen molar-refractivity contribution >= 4 is 22.4 Å². The predicted molar refractivity (Wildman–Crippen MR) is 84.9 cm³/mol. The molecule has 2 aromatic rings. The number of benzene rings is 1. The average molecular weight is 322 g/mol. The fourth-order valence-electron chi connectivity index (χ4n) is 1.72. The summed E-state index contributed by atoms with van der Waals surface area (Å²) in [5.41, 5.74) is 7.38. The molecule has 0 aliphatic heterocycles. The fourth-order valence-corrected chi connectivity index (χ4v) is 2.29. The van der Waals surface area contributed by atoms with Crippen molar-refractivity contribution in [1.29, 1.82) is 0 Å². The van der Waals surface area contributed by atoms with Gasteiger partial charge in [0.05, 0.1) is 12.3 Å². The summed E-state index contributed by atoms with van der Waals surface area (Å²) in [7, 11) is 1.55. The summed E-state index contributed by atoms with van der Waals surface area (Å²) in [6.07, 6.45) is -0.683. The Hall–Kier alpha value is -2.12. The van der Waals surface area contributed by atoms with E-state index in [-0.39, 0.29) is 6.61 Å². The van der Waals surface area contributed by atoms with Gasteiger partial charge in [-0.05, 0) is 31.2 Å². The maximum Gasteiger partial charge on any atom is 0.347 e. The fraction of sp³-hybridized carbons (Fsp3) is 0.333. The van der Waals surface area contributed by atoms with Crippen LogP contribution in [0.3, 0.4) is 0 Å². The lowest BCUT2D eigenvalue weighted by atomic mass is 10.2. The number of anilines is 1. The summed E-state index contributed by atoms with van der Waals surface area (Å²) >= 11 is 1.39. The zero-order valence-corrected chi connectivity index (χ0v) is 13.3. The Morgan fingerprint density at radius 3 is 2.64 bits per heavy atom. The van der Waals surface area contributed by atoms with Gasteiger partial charge in [0, 0.05) is 18.1 Å². The summed E-state index contributed by atoms with van der Waals surface area (Å²) in [5, 5.41) is 2.42. The smallest absolute Gasteiger partial charge is 0.347 e. The Labute approximate surface area is 132 Å². The Morgan fingerprint density at radius 2 is 2.05 bits per heavy atom. The summed E-state index contributed by atoms with van der Waals surface area (Å²) in [4.78, 5) is 15.9. The second-order valence-corrected chi connectivity index (χ2v) is 5.41. The van der Waals surface area contributed by atoms with Crippen LogP contribution >= 0.6 is 11.3 Å². The van der Waals surface area contributed by atoms with E-state index in [1.807, 2.05) is 17.5 Å². The molecule has 1 aromatic carbocycles. The van der Waals surface area contributed by atoms with Gasteiger partial charge in [-0.1, -0.05) is 0 Å². The molecule has 2 N–H and O–H groups in total. The second-order valence-electron chi connectivity index (χ2n) is 4.52. The summed E-state index contributed by atoms with van der Waals surface area (Å²) in [6.45, 7) is 2.22. The lowest BCUT2D eigenvalue weighted by molar-refractivity contribution is -0.152. The minimum atomic E-state index is -0.683. The molecule has 1 unspecified atom stereocenters. The standard InChI is InChI=1S/C15H18N2O4S/c1-10(14(18)20-8-7-19-2)21-12-5-3-11(4-6-12)13-9-22-15(16)17-13/h3-6,9-10H,7-8H2,1-2H3,(H2,16,17). The normalized spacial score (nSPS) is 11.9. The van der Waals surface area contributed by atoms with Gasteiger partial charge in [0.25, 0.3) is 0 Å². The first kappa shape index (κ1) is 16.3. The van der Waals surface area contributed by atoms with Crippen molar-refractivity contribution in [2.45, 2.75) is 13.0 Å². The Morgan fingerprint density at radius 1 is 1.32 bits per heavy atom. The largest absolute Gasteiger partial charge is 0.479 e. The van der Waals surface area contributed by atoms with Crippen molar-refractivity contribution in [3.05, 3.63) is 29.6 Å². The molecule has 0 saturated heterocycles. The number of thiazole rings is 1. The molecule has 1 heterocycles. The van der Waals surface area contributed by atoms with Gasteiger partial charge in [-0.3, -0.25) is 0 Å². The molecule has 22 heavy (non-hydrogen) atoms. The minimum Gasteiger partial charge on any atom is -0.479 e. The molecule has 0 bridgehead atoms. The van der Waals surface area contributed by atoms with Gasteiger partial charge < -0.3 is 19.9 Å². The molecular formula is C15H18N2O4S. The third-order valence-electron chi connectivity index (χ3n) is 2.85. The van der Waals surface area contributed by atoms with E-state index in [9.17, 15) is 4.79 Å². The maximum absolute atomic E-state index is 11.7. The van der Waals surface area contributed by atoms with Crippen LogP contribution in [0.2, 0.25) is 0 Å². The zero-order chi connectivity index (χ0) is 15.9. The highest BCUT2D eigenvalue weighted by Gasteiger charge is 2.16. The lowest BCUT2D eigenvalue weighted by Gasteiger charge is -2.14. The molecule has 118 valence electrons. The van der Waals surface area contributed by atoms with E-state index < -0.39 is 12.1 Å². The maximum atomic E-state index is 11.7. The van der Waals surface area contributed by atoms with Crippen LogP contribution in [0.4, 0.5) is 5.13 Å². The molecule has 0 radical (unpaired) electrons. The van der Waals surface area contributed by atoms with Crippen LogP contribution in [-0.2, 0) is 14.3 Å². The van der Waals surface area contributed by atoms with Gasteiger partial charge in [0.15, 0.2) is 11.2 Å². The SMILES string of the molecule is COCCOC(=O)C(C)Oc1ccc(-c2csc(N)n2)cc1. The first-order chi connectivity index (χ1) is 10.6. The average Bonchev–Trinajstić information content (AvgIpc) is 2.94. The zero-order valence-electron chi connectivity index (χ0n) is 12.4. The van der Waals surface area contributed by atoms with Crippen LogP contribution in [0.5, 0.6) is 5.75 Å². The number of hydrogen-bond acceptors (Lipinski definition) is 7. The lowest BCUT2D eigenvalue weighted by Crippen LogP contribution is -2.27. The molecule has 6 nitrogen and oxygen atoms in total. The number of nitrogens with two attached hydrogens (primary N) is 1. The van der Waals surface area contributed by atoms with Crippen molar-refractivity contribution in [3.63, 3.8) is 0 Å². The van der Waals surface area contributed by atoms with E-state index in [2.05, 4.69) is 4.98 Å². The predicted octanol–water partition coefficient (Wildman–Crippen LogP) is 2.35. The van der Waals surface area contributed by atoms with Gasteiger partial charge in [-0.15, -0.1) is 11.3 Å². The Balaban J connectivity index is 1.92. The first-order valence-corrected chi connectivity index (χ1v) is 7.62. The van der Waals surface area contributed by atoms with Crippen molar-refractivity contribution < 1.29 is 19.0 Å². The number of rotatable bonds is 7. The third-order valence-corrected chi connectivity index (χ3v) is 3.52. The third kappa shape index (κ3) is 4.44. The highest BCUT2D eigenvalue weighted by Crippen LogP contribution is 2.25. The molecule has 0 aliphatic carbocycles. The van der Waals surface area contributed by atoms with E-state index in [4.69, 9.17) is 19.9 Å². The minimum absolute atomic E-state index is 0.215. The van der Waals surface area contributed by atoms with E-state index in [0.717, 1.165) is 11.3 Å².